The van der Waals surface area contributed by atoms with E-state index in [9.17, 15) is 8.42 Å². The van der Waals surface area contributed by atoms with E-state index in [1.54, 1.807) is 33.0 Å². The molecule has 8 heteroatoms. The van der Waals surface area contributed by atoms with Crippen LogP contribution in [-0.4, -0.2) is 29.0 Å². The molecule has 0 aliphatic heterocycles. The summed E-state index contributed by atoms with van der Waals surface area (Å²) in [5.74, 6) is 0.596. The van der Waals surface area contributed by atoms with Crippen molar-refractivity contribution < 1.29 is 12.8 Å². The fraction of sp³-hybridized carbons (Fsp3) is 0.417. The SMILES string of the molecule is CCN(Cc1ccco1)S(=O)(=O)c1c(N)nn(C)c1C. The third-order valence-electron chi connectivity index (χ3n) is 3.17. The fourth-order valence-electron chi connectivity index (χ4n) is 2.01. The van der Waals surface area contributed by atoms with Gasteiger partial charge in [0.05, 0.1) is 18.5 Å². The maximum atomic E-state index is 12.7. The van der Waals surface area contributed by atoms with Crippen molar-refractivity contribution in [2.75, 3.05) is 12.3 Å². The Morgan fingerprint density at radius 3 is 2.65 bits per heavy atom. The Morgan fingerprint density at radius 1 is 1.50 bits per heavy atom. The molecule has 2 rings (SSSR count). The second-order valence-corrected chi connectivity index (χ2v) is 6.31. The van der Waals surface area contributed by atoms with E-state index >= 15 is 0 Å². The highest BCUT2D eigenvalue weighted by Gasteiger charge is 2.30. The summed E-state index contributed by atoms with van der Waals surface area (Å²) >= 11 is 0. The molecule has 0 aliphatic rings. The number of rotatable bonds is 5. The zero-order valence-corrected chi connectivity index (χ0v) is 12.5. The third-order valence-corrected chi connectivity index (χ3v) is 5.25. The van der Waals surface area contributed by atoms with Crippen LogP contribution in [0.3, 0.4) is 0 Å². The van der Waals surface area contributed by atoms with Gasteiger partial charge in [-0.3, -0.25) is 4.68 Å². The number of nitrogen functional groups attached to an aromatic ring is 1. The van der Waals surface area contributed by atoms with Crippen LogP contribution in [0.4, 0.5) is 5.82 Å². The Balaban J connectivity index is 2.41. The number of furan rings is 1. The van der Waals surface area contributed by atoms with Gasteiger partial charge >= 0.3 is 0 Å². The van der Waals surface area contributed by atoms with Crippen molar-refractivity contribution in [3.63, 3.8) is 0 Å². The summed E-state index contributed by atoms with van der Waals surface area (Å²) in [5, 5.41) is 3.96. The standard InChI is InChI=1S/C12H18N4O3S/c1-4-16(8-10-6-5-7-19-10)20(17,18)11-9(2)15(3)14-12(11)13/h5-7H,4,8H2,1-3H3,(H2,13,14). The van der Waals surface area contributed by atoms with Crippen molar-refractivity contribution in [3.05, 3.63) is 29.9 Å². The molecule has 0 bridgehead atoms. The molecule has 2 aromatic rings. The van der Waals surface area contributed by atoms with Gasteiger partial charge in [0.15, 0.2) is 5.82 Å². The van der Waals surface area contributed by atoms with E-state index in [0.29, 0.717) is 18.0 Å². The van der Waals surface area contributed by atoms with Crippen LogP contribution in [-0.2, 0) is 23.6 Å². The van der Waals surface area contributed by atoms with Gasteiger partial charge in [0.25, 0.3) is 0 Å². The smallest absolute Gasteiger partial charge is 0.249 e. The minimum atomic E-state index is -3.70. The minimum absolute atomic E-state index is 0.0166. The van der Waals surface area contributed by atoms with Crippen LogP contribution in [0.25, 0.3) is 0 Å². The van der Waals surface area contributed by atoms with E-state index < -0.39 is 10.0 Å². The highest BCUT2D eigenvalue weighted by Crippen LogP contribution is 2.26. The monoisotopic (exact) mass is 298 g/mol. The average molecular weight is 298 g/mol. The Labute approximate surface area is 118 Å². The number of nitrogens with zero attached hydrogens (tertiary/aromatic N) is 3. The number of anilines is 1. The first-order valence-electron chi connectivity index (χ1n) is 6.19. The average Bonchev–Trinajstić information content (AvgIpc) is 2.95. The number of aromatic nitrogens is 2. The highest BCUT2D eigenvalue weighted by molar-refractivity contribution is 7.89. The number of aryl methyl sites for hydroxylation is 1. The van der Waals surface area contributed by atoms with Gasteiger partial charge in [-0.1, -0.05) is 6.92 Å². The molecule has 0 spiro atoms. The van der Waals surface area contributed by atoms with Crippen molar-refractivity contribution >= 4 is 15.8 Å². The maximum Gasteiger partial charge on any atom is 0.249 e. The summed E-state index contributed by atoms with van der Waals surface area (Å²) in [4.78, 5) is 0.0633. The molecule has 2 heterocycles. The molecule has 0 saturated heterocycles. The molecular weight excluding hydrogens is 280 g/mol. The molecule has 110 valence electrons. The van der Waals surface area contributed by atoms with E-state index in [1.165, 1.54) is 15.3 Å². The van der Waals surface area contributed by atoms with Gasteiger partial charge in [0.1, 0.15) is 10.7 Å². The molecule has 0 fully saturated rings. The molecule has 0 unspecified atom stereocenters. The zero-order valence-electron chi connectivity index (χ0n) is 11.7. The number of nitrogens with two attached hydrogens (primary N) is 1. The predicted octanol–water partition coefficient (Wildman–Crippen LogP) is 1.11. The Morgan fingerprint density at radius 2 is 2.20 bits per heavy atom. The Kier molecular flexibility index (Phi) is 3.87. The molecule has 0 aromatic carbocycles. The minimum Gasteiger partial charge on any atom is -0.468 e. The van der Waals surface area contributed by atoms with Gasteiger partial charge in [-0.05, 0) is 19.1 Å². The lowest BCUT2D eigenvalue weighted by Gasteiger charge is -2.19. The quantitative estimate of drug-likeness (QED) is 0.892. The summed E-state index contributed by atoms with van der Waals surface area (Å²) in [5.41, 5.74) is 6.25. The molecular formula is C12H18N4O3S. The fourth-order valence-corrected chi connectivity index (χ4v) is 3.71. The van der Waals surface area contributed by atoms with E-state index in [4.69, 9.17) is 10.2 Å². The van der Waals surface area contributed by atoms with Gasteiger partial charge < -0.3 is 10.2 Å². The largest absolute Gasteiger partial charge is 0.468 e. The van der Waals surface area contributed by atoms with Crippen LogP contribution in [0, 0.1) is 6.92 Å². The Bertz CT molecular complexity index is 689. The molecule has 20 heavy (non-hydrogen) atoms. The molecule has 2 N–H and O–H groups in total. The van der Waals surface area contributed by atoms with Crippen molar-refractivity contribution in [1.82, 2.24) is 14.1 Å². The van der Waals surface area contributed by atoms with Gasteiger partial charge in [-0.25, -0.2) is 8.42 Å². The second kappa shape index (κ2) is 5.29. The lowest BCUT2D eigenvalue weighted by atomic mass is 10.4. The summed E-state index contributed by atoms with van der Waals surface area (Å²) in [7, 11) is -2.04. The topological polar surface area (TPSA) is 94.4 Å². The van der Waals surface area contributed by atoms with Gasteiger partial charge in [0.2, 0.25) is 10.0 Å². The Hall–Kier alpha value is -1.80. The van der Waals surface area contributed by atoms with Gasteiger partial charge in [0, 0.05) is 13.6 Å². The lowest BCUT2D eigenvalue weighted by Crippen LogP contribution is -2.31. The molecule has 7 nitrogen and oxygen atoms in total. The first kappa shape index (κ1) is 14.6. The molecule has 0 aliphatic carbocycles. The number of hydrogen-bond acceptors (Lipinski definition) is 5. The van der Waals surface area contributed by atoms with Crippen LogP contribution in [0.1, 0.15) is 18.4 Å². The third kappa shape index (κ3) is 2.44. The van der Waals surface area contributed by atoms with E-state index in [-0.39, 0.29) is 17.3 Å². The predicted molar refractivity (Wildman–Crippen MR) is 74.3 cm³/mol. The van der Waals surface area contributed by atoms with Crippen molar-refractivity contribution in [3.8, 4) is 0 Å². The van der Waals surface area contributed by atoms with Crippen molar-refractivity contribution in [2.24, 2.45) is 7.05 Å². The van der Waals surface area contributed by atoms with Gasteiger partial charge in [-0.15, -0.1) is 0 Å². The van der Waals surface area contributed by atoms with E-state index in [2.05, 4.69) is 5.10 Å². The van der Waals surface area contributed by atoms with E-state index in [0.717, 1.165) is 0 Å². The van der Waals surface area contributed by atoms with Crippen LogP contribution < -0.4 is 5.73 Å². The molecule has 2 aromatic heterocycles. The van der Waals surface area contributed by atoms with Crippen LogP contribution in [0.5, 0.6) is 0 Å². The van der Waals surface area contributed by atoms with Crippen molar-refractivity contribution in [1.29, 1.82) is 0 Å². The highest BCUT2D eigenvalue weighted by atomic mass is 32.2. The molecule has 0 amide bonds. The summed E-state index contributed by atoms with van der Waals surface area (Å²) in [6.45, 7) is 3.93. The number of sulfonamides is 1. The molecule has 0 atom stereocenters. The van der Waals surface area contributed by atoms with E-state index in [1.807, 2.05) is 0 Å². The van der Waals surface area contributed by atoms with Gasteiger partial charge in [-0.2, -0.15) is 9.40 Å². The summed E-state index contributed by atoms with van der Waals surface area (Å²) < 4.78 is 33.4. The van der Waals surface area contributed by atoms with Crippen LogP contribution in [0.15, 0.2) is 27.7 Å². The molecule has 0 radical (unpaired) electrons. The molecule has 0 saturated carbocycles. The second-order valence-electron chi connectivity index (χ2n) is 4.43. The zero-order chi connectivity index (χ0) is 14.9. The normalized spacial score (nSPS) is 12.2. The van der Waals surface area contributed by atoms with Crippen LogP contribution >= 0.6 is 0 Å². The first-order chi connectivity index (χ1) is 9.37. The first-order valence-corrected chi connectivity index (χ1v) is 7.63. The summed E-state index contributed by atoms with van der Waals surface area (Å²) in [6.07, 6.45) is 1.51. The number of hydrogen-bond donors (Lipinski definition) is 1. The maximum absolute atomic E-state index is 12.7. The van der Waals surface area contributed by atoms with Crippen molar-refractivity contribution in [2.45, 2.75) is 25.3 Å². The lowest BCUT2D eigenvalue weighted by molar-refractivity contribution is 0.375. The van der Waals surface area contributed by atoms with Crippen LogP contribution in [0.2, 0.25) is 0 Å². The summed E-state index contributed by atoms with van der Waals surface area (Å²) in [6, 6.07) is 3.46.